The first-order chi connectivity index (χ1) is 25.8. The van der Waals surface area contributed by atoms with Crippen LogP contribution in [-0.2, 0) is 5.41 Å². The maximum absolute atomic E-state index is 6.83. The van der Waals surface area contributed by atoms with Gasteiger partial charge in [-0.3, -0.25) is 4.57 Å². The van der Waals surface area contributed by atoms with Gasteiger partial charge in [0, 0.05) is 58.7 Å². The van der Waals surface area contributed by atoms with Crippen LogP contribution in [0.4, 0.5) is 17.1 Å². The molecule has 9 aromatic rings. The number of para-hydroxylation sites is 3. The van der Waals surface area contributed by atoms with Gasteiger partial charge in [0.25, 0.3) is 0 Å². The Balaban J connectivity index is 1.13. The van der Waals surface area contributed by atoms with E-state index in [1.54, 1.807) is 0 Å². The molecule has 258 valence electrons. The molecule has 0 bridgehead atoms. The van der Waals surface area contributed by atoms with E-state index in [9.17, 15) is 0 Å². The van der Waals surface area contributed by atoms with E-state index in [2.05, 4.69) is 164 Å². The third-order valence-corrected chi connectivity index (χ3v) is 10.6. The fourth-order valence-corrected chi connectivity index (χ4v) is 7.82. The van der Waals surface area contributed by atoms with Crippen molar-refractivity contribution >= 4 is 60.8 Å². The average molecular weight is 691 g/mol. The van der Waals surface area contributed by atoms with Gasteiger partial charge in [0.2, 0.25) is 0 Å². The monoisotopic (exact) mass is 690 g/mol. The summed E-state index contributed by atoms with van der Waals surface area (Å²) in [6.45, 7) is 7.52. The van der Waals surface area contributed by atoms with Gasteiger partial charge in [0.05, 0.1) is 29.1 Å². The van der Waals surface area contributed by atoms with Crippen molar-refractivity contribution in [2.75, 3.05) is 23.5 Å². The summed E-state index contributed by atoms with van der Waals surface area (Å²) in [4.78, 5) is 9.69. The van der Waals surface area contributed by atoms with Crippen molar-refractivity contribution in [3.63, 3.8) is 0 Å². The highest BCUT2D eigenvalue weighted by Crippen LogP contribution is 2.44. The molecule has 6 aromatic carbocycles. The SMILES string of the molecule is CN1CN(c2cc(Oc3ccc4c5cc(-c6ccccc6)ccc5n(-c5cc6oc7ccccc7c6cn5)c4c3)cc(C(C)(C)C)c2)c2ccccc21. The highest BCUT2D eigenvalue weighted by molar-refractivity contribution is 6.11. The summed E-state index contributed by atoms with van der Waals surface area (Å²) in [5.74, 6) is 2.34. The number of pyridine rings is 1. The first-order valence-corrected chi connectivity index (χ1v) is 18.1. The molecule has 0 spiro atoms. The van der Waals surface area contributed by atoms with Gasteiger partial charge in [0.15, 0.2) is 0 Å². The molecule has 0 aliphatic carbocycles. The van der Waals surface area contributed by atoms with E-state index in [4.69, 9.17) is 14.1 Å². The Morgan fingerprint density at radius 1 is 0.604 bits per heavy atom. The lowest BCUT2D eigenvalue weighted by Crippen LogP contribution is -2.24. The topological polar surface area (TPSA) is 46.7 Å². The lowest BCUT2D eigenvalue weighted by Gasteiger charge is -2.25. The average Bonchev–Trinajstić information content (AvgIpc) is 3.83. The molecule has 53 heavy (non-hydrogen) atoms. The summed E-state index contributed by atoms with van der Waals surface area (Å²) < 4.78 is 15.4. The van der Waals surface area contributed by atoms with Gasteiger partial charge in [-0.1, -0.05) is 87.5 Å². The molecule has 3 aromatic heterocycles. The second-order valence-corrected chi connectivity index (χ2v) is 15.1. The van der Waals surface area contributed by atoms with E-state index in [0.29, 0.717) is 0 Å². The molecule has 1 aliphatic heterocycles. The van der Waals surface area contributed by atoms with Gasteiger partial charge >= 0.3 is 0 Å². The van der Waals surface area contributed by atoms with Crippen LogP contribution in [0.5, 0.6) is 11.5 Å². The van der Waals surface area contributed by atoms with Crippen molar-refractivity contribution in [3.8, 4) is 28.4 Å². The van der Waals surface area contributed by atoms with Gasteiger partial charge in [-0.15, -0.1) is 0 Å². The summed E-state index contributed by atoms with van der Waals surface area (Å²) in [7, 11) is 2.14. The fraction of sp³-hybridized carbons (Fsp3) is 0.128. The van der Waals surface area contributed by atoms with Crippen LogP contribution < -0.4 is 14.5 Å². The predicted molar refractivity (Wildman–Crippen MR) is 218 cm³/mol. The third kappa shape index (κ3) is 5.21. The molecular weight excluding hydrogens is 653 g/mol. The van der Waals surface area contributed by atoms with Crippen molar-refractivity contribution in [1.82, 2.24) is 9.55 Å². The Morgan fingerprint density at radius 2 is 1.40 bits per heavy atom. The molecule has 6 heteroatoms. The van der Waals surface area contributed by atoms with Crippen molar-refractivity contribution in [1.29, 1.82) is 0 Å². The lowest BCUT2D eigenvalue weighted by atomic mass is 9.86. The maximum atomic E-state index is 6.83. The van der Waals surface area contributed by atoms with Crippen LogP contribution in [0.3, 0.4) is 0 Å². The highest BCUT2D eigenvalue weighted by Gasteiger charge is 2.26. The van der Waals surface area contributed by atoms with Gasteiger partial charge in [-0.05, 0) is 76.7 Å². The van der Waals surface area contributed by atoms with Gasteiger partial charge < -0.3 is 19.0 Å². The zero-order valence-electron chi connectivity index (χ0n) is 30.2. The maximum Gasteiger partial charge on any atom is 0.141 e. The van der Waals surface area contributed by atoms with Gasteiger partial charge in [-0.25, -0.2) is 4.98 Å². The molecule has 0 amide bonds. The molecule has 4 heterocycles. The van der Waals surface area contributed by atoms with Gasteiger partial charge in [0.1, 0.15) is 28.5 Å². The summed E-state index contributed by atoms with van der Waals surface area (Å²) >= 11 is 0. The summed E-state index contributed by atoms with van der Waals surface area (Å²) in [6.07, 6.45) is 1.93. The largest absolute Gasteiger partial charge is 0.457 e. The van der Waals surface area contributed by atoms with E-state index in [-0.39, 0.29) is 5.41 Å². The molecule has 0 unspecified atom stereocenters. The van der Waals surface area contributed by atoms with Crippen LogP contribution in [0.1, 0.15) is 26.3 Å². The lowest BCUT2D eigenvalue weighted by molar-refractivity contribution is 0.479. The highest BCUT2D eigenvalue weighted by atomic mass is 16.5. The quantitative estimate of drug-likeness (QED) is 0.180. The third-order valence-electron chi connectivity index (χ3n) is 10.6. The molecule has 0 radical (unpaired) electrons. The normalized spacial score (nSPS) is 13.1. The number of nitrogens with zero attached hydrogens (tertiary/aromatic N) is 4. The van der Waals surface area contributed by atoms with Crippen molar-refractivity contribution in [2.24, 2.45) is 0 Å². The Morgan fingerprint density at radius 3 is 2.25 bits per heavy atom. The van der Waals surface area contributed by atoms with Crippen LogP contribution in [0, 0.1) is 0 Å². The van der Waals surface area contributed by atoms with Crippen LogP contribution in [0.2, 0.25) is 0 Å². The number of fused-ring (bicyclic) bond motifs is 7. The number of aromatic nitrogens is 2. The minimum atomic E-state index is -0.0763. The first-order valence-electron chi connectivity index (χ1n) is 18.1. The van der Waals surface area contributed by atoms with E-state index >= 15 is 0 Å². The smallest absolute Gasteiger partial charge is 0.141 e. The summed E-state index contributed by atoms with van der Waals surface area (Å²) in [5, 5.41) is 4.33. The predicted octanol–water partition coefficient (Wildman–Crippen LogP) is 12.4. The van der Waals surface area contributed by atoms with Crippen molar-refractivity contribution in [2.45, 2.75) is 26.2 Å². The molecule has 10 rings (SSSR count). The number of anilines is 3. The second-order valence-electron chi connectivity index (χ2n) is 15.1. The molecule has 6 nitrogen and oxygen atoms in total. The van der Waals surface area contributed by atoms with E-state index < -0.39 is 0 Å². The number of rotatable bonds is 5. The summed E-state index contributed by atoms with van der Waals surface area (Å²) in [5.41, 5.74) is 10.7. The van der Waals surface area contributed by atoms with Crippen LogP contribution in [0.15, 0.2) is 150 Å². The number of hydrogen-bond donors (Lipinski definition) is 0. The van der Waals surface area contributed by atoms with Gasteiger partial charge in [-0.2, -0.15) is 0 Å². The number of benzene rings is 6. The number of furan rings is 1. The molecule has 1 aliphatic rings. The zero-order valence-corrected chi connectivity index (χ0v) is 30.2. The fourth-order valence-electron chi connectivity index (χ4n) is 7.82. The summed E-state index contributed by atoms with van der Waals surface area (Å²) in [6, 6.07) is 49.0. The molecule has 0 N–H and O–H groups in total. The van der Waals surface area contributed by atoms with E-state index in [1.165, 1.54) is 28.1 Å². The molecule has 0 fully saturated rings. The number of hydrogen-bond acceptors (Lipinski definition) is 5. The second kappa shape index (κ2) is 11.8. The molecule has 0 atom stereocenters. The van der Waals surface area contributed by atoms with Crippen LogP contribution in [0.25, 0.3) is 60.7 Å². The van der Waals surface area contributed by atoms with Crippen molar-refractivity contribution < 1.29 is 9.15 Å². The zero-order chi connectivity index (χ0) is 35.8. The minimum Gasteiger partial charge on any atom is -0.457 e. The number of ether oxygens (including phenoxy) is 1. The Hall–Kier alpha value is -6.53. The Labute approximate surface area is 308 Å². The first kappa shape index (κ1) is 31.2. The van der Waals surface area contributed by atoms with Crippen LogP contribution >= 0.6 is 0 Å². The Kier molecular flexibility index (Phi) is 6.92. The van der Waals surface area contributed by atoms with E-state index in [0.717, 1.165) is 73.4 Å². The molecule has 0 saturated heterocycles. The van der Waals surface area contributed by atoms with Crippen LogP contribution in [-0.4, -0.2) is 23.3 Å². The molecule has 0 saturated carbocycles. The standard InChI is InChI=1S/C47H38N4O2/c1-47(2,3)32-23-33(50-29-49(4)41-15-9-10-16-42(41)50)25-35(24-32)52-34-19-20-36-38-22-31(30-12-6-5-7-13-30)18-21-40(38)51(43(36)26-34)46-27-45-39(28-48-46)37-14-8-11-17-44(37)53-45/h5-28H,29H2,1-4H3. The Bertz CT molecular complexity index is 2860. The minimum absolute atomic E-state index is 0.0763. The molecular formula is C47H38N4O2. The van der Waals surface area contributed by atoms with Crippen molar-refractivity contribution in [3.05, 3.63) is 151 Å². The van der Waals surface area contributed by atoms with E-state index in [1.807, 2.05) is 24.4 Å².